The predicted octanol–water partition coefficient (Wildman–Crippen LogP) is 6.31. The van der Waals surface area contributed by atoms with Gasteiger partial charge in [0.2, 0.25) is 5.78 Å². The maximum absolute atomic E-state index is 13.2. The summed E-state index contributed by atoms with van der Waals surface area (Å²) in [5, 5.41) is 4.25. The van der Waals surface area contributed by atoms with Crippen LogP contribution in [0.25, 0.3) is 11.0 Å². The number of ketones is 1. The molecule has 0 spiro atoms. The highest BCUT2D eigenvalue weighted by Gasteiger charge is 2.24. The molecule has 4 rings (SSSR count). The number of carbonyl (C=O) groups excluding carboxylic acids is 2. The molecular formula is C25H19Cl2NO5. The number of halogens is 2. The second-order valence-electron chi connectivity index (χ2n) is 7.23. The van der Waals surface area contributed by atoms with Crippen LogP contribution in [0, 0.1) is 6.92 Å². The van der Waals surface area contributed by atoms with Crippen molar-refractivity contribution in [2.75, 3.05) is 19.0 Å². The Bertz CT molecular complexity index is 1360. The summed E-state index contributed by atoms with van der Waals surface area (Å²) < 4.78 is 16.5. The molecule has 1 aromatic heterocycles. The molecule has 0 radical (unpaired) electrons. The standard InChI is InChI=1S/C25H19Cl2NO5/c1-14-11-16(8-9-18(14)26)32-13-22(29)28-23-17-5-3-4-6-20(17)33-25(23)24(30)15-7-10-21(31-2)19(27)12-15/h3-12H,13H2,1-2H3,(H,28,29). The van der Waals surface area contributed by atoms with E-state index < -0.39 is 11.7 Å². The highest BCUT2D eigenvalue weighted by molar-refractivity contribution is 6.32. The van der Waals surface area contributed by atoms with Crippen molar-refractivity contribution in [2.45, 2.75) is 6.92 Å². The van der Waals surface area contributed by atoms with Crippen molar-refractivity contribution in [3.8, 4) is 11.5 Å². The topological polar surface area (TPSA) is 77.8 Å². The van der Waals surface area contributed by atoms with E-state index in [9.17, 15) is 9.59 Å². The smallest absolute Gasteiger partial charge is 0.262 e. The van der Waals surface area contributed by atoms with Crippen LogP contribution in [-0.4, -0.2) is 25.4 Å². The average molecular weight is 484 g/mol. The molecule has 1 amide bonds. The number of amides is 1. The van der Waals surface area contributed by atoms with E-state index in [1.165, 1.54) is 13.2 Å². The van der Waals surface area contributed by atoms with Gasteiger partial charge in [-0.05, 0) is 61.0 Å². The highest BCUT2D eigenvalue weighted by atomic mass is 35.5. The minimum absolute atomic E-state index is 0.00637. The summed E-state index contributed by atoms with van der Waals surface area (Å²) in [5.74, 6) is 0.0681. The number of methoxy groups -OCH3 is 1. The van der Waals surface area contributed by atoms with Crippen molar-refractivity contribution in [3.63, 3.8) is 0 Å². The number of benzene rings is 3. The molecule has 0 fully saturated rings. The highest BCUT2D eigenvalue weighted by Crippen LogP contribution is 2.34. The lowest BCUT2D eigenvalue weighted by molar-refractivity contribution is -0.118. The molecule has 6 nitrogen and oxygen atoms in total. The van der Waals surface area contributed by atoms with E-state index in [0.717, 1.165) is 5.56 Å². The van der Waals surface area contributed by atoms with Gasteiger partial charge in [0.1, 0.15) is 17.1 Å². The van der Waals surface area contributed by atoms with Crippen LogP contribution >= 0.6 is 23.2 Å². The second kappa shape index (κ2) is 9.57. The summed E-state index contributed by atoms with van der Waals surface area (Å²) in [7, 11) is 1.49. The van der Waals surface area contributed by atoms with Gasteiger partial charge in [-0.2, -0.15) is 0 Å². The number of ether oxygens (including phenoxy) is 2. The van der Waals surface area contributed by atoms with Crippen molar-refractivity contribution in [1.29, 1.82) is 0 Å². The van der Waals surface area contributed by atoms with Gasteiger partial charge in [-0.25, -0.2) is 0 Å². The van der Waals surface area contributed by atoms with E-state index in [1.807, 2.05) is 6.92 Å². The zero-order valence-corrected chi connectivity index (χ0v) is 19.3. The fourth-order valence-corrected chi connectivity index (χ4v) is 3.67. The van der Waals surface area contributed by atoms with Crippen LogP contribution < -0.4 is 14.8 Å². The minimum atomic E-state index is -0.448. The molecule has 168 valence electrons. The van der Waals surface area contributed by atoms with E-state index in [0.29, 0.717) is 33.1 Å². The molecule has 0 aliphatic rings. The number of carbonyl (C=O) groups is 2. The van der Waals surface area contributed by atoms with Gasteiger partial charge in [-0.1, -0.05) is 35.3 Å². The van der Waals surface area contributed by atoms with E-state index in [2.05, 4.69) is 5.32 Å². The molecule has 0 unspecified atom stereocenters. The molecule has 0 saturated carbocycles. The van der Waals surface area contributed by atoms with Gasteiger partial charge in [0, 0.05) is 16.0 Å². The maximum atomic E-state index is 13.2. The maximum Gasteiger partial charge on any atom is 0.262 e. The predicted molar refractivity (Wildman–Crippen MR) is 128 cm³/mol. The van der Waals surface area contributed by atoms with Crippen LogP contribution in [0.1, 0.15) is 21.7 Å². The Morgan fingerprint density at radius 3 is 2.52 bits per heavy atom. The van der Waals surface area contributed by atoms with E-state index >= 15 is 0 Å². The molecule has 8 heteroatoms. The van der Waals surface area contributed by atoms with Gasteiger partial charge in [0.25, 0.3) is 5.91 Å². The third-order valence-corrected chi connectivity index (χ3v) is 5.70. The van der Waals surface area contributed by atoms with Crippen molar-refractivity contribution in [1.82, 2.24) is 0 Å². The van der Waals surface area contributed by atoms with Gasteiger partial charge in [0.15, 0.2) is 12.4 Å². The third-order valence-electron chi connectivity index (χ3n) is 4.98. The molecule has 0 aliphatic carbocycles. The van der Waals surface area contributed by atoms with Crippen LogP contribution in [0.15, 0.2) is 65.1 Å². The first-order valence-electron chi connectivity index (χ1n) is 9.96. The summed E-state index contributed by atoms with van der Waals surface area (Å²) >= 11 is 12.2. The second-order valence-corrected chi connectivity index (χ2v) is 8.04. The lowest BCUT2D eigenvalue weighted by atomic mass is 10.1. The van der Waals surface area contributed by atoms with Crippen molar-refractivity contribution < 1.29 is 23.5 Å². The number of rotatable bonds is 7. The molecule has 0 saturated heterocycles. The SMILES string of the molecule is COc1ccc(C(=O)c2oc3ccccc3c2NC(=O)COc2ccc(Cl)c(C)c2)cc1Cl. The fraction of sp³-hybridized carbons (Fsp3) is 0.120. The first-order valence-corrected chi connectivity index (χ1v) is 10.7. The van der Waals surface area contributed by atoms with Crippen LogP contribution in [-0.2, 0) is 4.79 Å². The van der Waals surface area contributed by atoms with E-state index in [-0.39, 0.29) is 23.1 Å². The Kier molecular flexibility index (Phi) is 6.58. The molecule has 33 heavy (non-hydrogen) atoms. The zero-order valence-electron chi connectivity index (χ0n) is 17.8. The molecule has 0 atom stereocenters. The lowest BCUT2D eigenvalue weighted by Gasteiger charge is -2.09. The van der Waals surface area contributed by atoms with Crippen LogP contribution in [0.5, 0.6) is 11.5 Å². The molecular weight excluding hydrogens is 465 g/mol. The van der Waals surface area contributed by atoms with Gasteiger partial charge in [0.05, 0.1) is 17.8 Å². The number of hydrogen-bond acceptors (Lipinski definition) is 5. The number of anilines is 1. The third kappa shape index (κ3) is 4.82. The Hall–Kier alpha value is -3.48. The van der Waals surface area contributed by atoms with Crippen molar-refractivity contribution in [3.05, 3.63) is 87.6 Å². The summed E-state index contributed by atoms with van der Waals surface area (Å²) in [6, 6.07) is 16.8. The summed E-state index contributed by atoms with van der Waals surface area (Å²) in [6.45, 7) is 1.58. The number of aryl methyl sites for hydroxylation is 1. The van der Waals surface area contributed by atoms with Crippen LogP contribution in [0.2, 0.25) is 10.0 Å². The molecule has 0 aliphatic heterocycles. The van der Waals surface area contributed by atoms with Gasteiger partial charge < -0.3 is 19.2 Å². The molecule has 1 heterocycles. The number of para-hydroxylation sites is 1. The van der Waals surface area contributed by atoms with E-state index in [1.54, 1.807) is 54.6 Å². The molecule has 4 aromatic rings. The van der Waals surface area contributed by atoms with Gasteiger partial charge >= 0.3 is 0 Å². The first kappa shape index (κ1) is 22.7. The number of furan rings is 1. The van der Waals surface area contributed by atoms with Crippen molar-refractivity contribution >= 4 is 51.5 Å². The number of nitrogens with one attached hydrogen (secondary N) is 1. The van der Waals surface area contributed by atoms with E-state index in [4.69, 9.17) is 37.1 Å². The lowest BCUT2D eigenvalue weighted by Crippen LogP contribution is -2.21. The quantitative estimate of drug-likeness (QED) is 0.311. The largest absolute Gasteiger partial charge is 0.495 e. The summed E-state index contributed by atoms with van der Waals surface area (Å²) in [5.41, 5.74) is 1.86. The number of hydrogen-bond donors (Lipinski definition) is 1. The zero-order chi connectivity index (χ0) is 23.5. The summed E-state index contributed by atoms with van der Waals surface area (Å²) in [6.07, 6.45) is 0. The Balaban J connectivity index is 1.60. The first-order chi connectivity index (χ1) is 15.9. The van der Waals surface area contributed by atoms with Crippen LogP contribution in [0.3, 0.4) is 0 Å². The van der Waals surface area contributed by atoms with Crippen LogP contribution in [0.4, 0.5) is 5.69 Å². The summed E-state index contributed by atoms with van der Waals surface area (Å²) in [4.78, 5) is 25.9. The molecule has 1 N–H and O–H groups in total. The molecule has 0 bridgehead atoms. The van der Waals surface area contributed by atoms with Gasteiger partial charge in [-0.15, -0.1) is 0 Å². The van der Waals surface area contributed by atoms with Crippen molar-refractivity contribution in [2.24, 2.45) is 0 Å². The number of fused-ring (bicyclic) bond motifs is 1. The average Bonchev–Trinajstić information content (AvgIpc) is 3.17. The minimum Gasteiger partial charge on any atom is -0.495 e. The normalized spacial score (nSPS) is 10.8. The Morgan fingerprint density at radius 1 is 1.00 bits per heavy atom. The fourth-order valence-electron chi connectivity index (χ4n) is 3.30. The monoisotopic (exact) mass is 483 g/mol. The molecule has 3 aromatic carbocycles. The Labute approximate surface area is 200 Å². The Morgan fingerprint density at radius 2 is 1.79 bits per heavy atom. The van der Waals surface area contributed by atoms with Gasteiger partial charge in [-0.3, -0.25) is 9.59 Å².